The summed E-state index contributed by atoms with van der Waals surface area (Å²) in [6.45, 7) is 4.25. The van der Waals surface area contributed by atoms with Crippen molar-refractivity contribution in [3.8, 4) is 11.1 Å². The highest BCUT2D eigenvalue weighted by Gasteiger charge is 2.29. The summed E-state index contributed by atoms with van der Waals surface area (Å²) in [5, 5.41) is 12.2. The Morgan fingerprint density at radius 3 is 2.20 bits per heavy atom. The summed E-state index contributed by atoms with van der Waals surface area (Å²) in [7, 11) is 0. The van der Waals surface area contributed by atoms with Crippen molar-refractivity contribution in [1.82, 2.24) is 5.32 Å². The van der Waals surface area contributed by atoms with E-state index in [0.29, 0.717) is 6.61 Å². The Hall–Kier alpha value is -2.33. The Morgan fingerprint density at radius 2 is 1.68 bits per heavy atom. The first-order chi connectivity index (χ1) is 12.2. The maximum atomic E-state index is 12.2. The second-order valence-electron chi connectivity index (χ2n) is 6.64. The first kappa shape index (κ1) is 17.5. The van der Waals surface area contributed by atoms with E-state index < -0.39 is 6.09 Å². The Balaban J connectivity index is 1.70. The number of benzene rings is 2. The number of amides is 1. The topological polar surface area (TPSA) is 58.6 Å². The largest absolute Gasteiger partial charge is 0.449 e. The molecule has 25 heavy (non-hydrogen) atoms. The Labute approximate surface area is 148 Å². The molecule has 2 aromatic carbocycles. The van der Waals surface area contributed by atoms with E-state index >= 15 is 0 Å². The van der Waals surface area contributed by atoms with E-state index in [1.54, 1.807) is 0 Å². The Kier molecular flexibility index (Phi) is 5.39. The van der Waals surface area contributed by atoms with Gasteiger partial charge in [-0.2, -0.15) is 0 Å². The van der Waals surface area contributed by atoms with Gasteiger partial charge in [0.2, 0.25) is 0 Å². The number of carbonyl (C=O) groups excluding carboxylic acids is 1. The second kappa shape index (κ2) is 7.70. The number of hydrogen-bond donors (Lipinski definition) is 2. The summed E-state index contributed by atoms with van der Waals surface area (Å²) in [6.07, 6.45) is 0.413. The van der Waals surface area contributed by atoms with Crippen LogP contribution < -0.4 is 5.32 Å². The fraction of sp³-hybridized carbons (Fsp3) is 0.381. The van der Waals surface area contributed by atoms with Gasteiger partial charge in [0.15, 0.2) is 0 Å². The van der Waals surface area contributed by atoms with Crippen LogP contribution in [0.25, 0.3) is 11.1 Å². The van der Waals surface area contributed by atoms with E-state index in [9.17, 15) is 9.90 Å². The van der Waals surface area contributed by atoms with Crippen LogP contribution in [0.5, 0.6) is 0 Å². The first-order valence-corrected chi connectivity index (χ1v) is 8.88. The predicted octanol–water partition coefficient (Wildman–Crippen LogP) is 3.93. The van der Waals surface area contributed by atoms with Crippen molar-refractivity contribution in [2.24, 2.45) is 5.92 Å². The molecule has 2 N–H and O–H groups in total. The van der Waals surface area contributed by atoms with Gasteiger partial charge in [0, 0.05) is 5.92 Å². The second-order valence-corrected chi connectivity index (χ2v) is 6.64. The lowest BCUT2D eigenvalue weighted by atomic mass is 9.98. The van der Waals surface area contributed by atoms with Gasteiger partial charge in [-0.25, -0.2) is 4.79 Å². The summed E-state index contributed by atoms with van der Waals surface area (Å²) in [5.41, 5.74) is 4.80. The van der Waals surface area contributed by atoms with Gasteiger partial charge in [-0.1, -0.05) is 68.8 Å². The van der Waals surface area contributed by atoms with Gasteiger partial charge in [0.05, 0.1) is 12.6 Å². The highest BCUT2D eigenvalue weighted by atomic mass is 16.5. The standard InChI is InChI=1S/C21H25NO3/c1-3-14(2)20(12-23)22-21(24)25-13-19-17-10-6-4-8-15(17)16-9-5-7-11-18(16)19/h4-11,14,19-20,23H,3,12-13H2,1-2H3,(H,22,24)/t14?,20-/m1/s1. The molecule has 0 aliphatic heterocycles. The van der Waals surface area contributed by atoms with Gasteiger partial charge in [-0.15, -0.1) is 0 Å². The molecule has 1 aliphatic carbocycles. The molecular formula is C21H25NO3. The number of carbonyl (C=O) groups is 1. The first-order valence-electron chi connectivity index (χ1n) is 8.88. The van der Waals surface area contributed by atoms with Crippen LogP contribution in [0.4, 0.5) is 4.79 Å². The minimum Gasteiger partial charge on any atom is -0.449 e. The molecule has 0 aromatic heterocycles. The molecule has 4 heteroatoms. The van der Waals surface area contributed by atoms with Crippen molar-refractivity contribution < 1.29 is 14.6 Å². The van der Waals surface area contributed by atoms with Gasteiger partial charge in [-0.05, 0) is 28.2 Å². The lowest BCUT2D eigenvalue weighted by Crippen LogP contribution is -2.42. The average Bonchev–Trinajstić information content (AvgIpc) is 2.98. The zero-order valence-corrected chi connectivity index (χ0v) is 14.7. The molecule has 0 saturated carbocycles. The number of ether oxygens (including phenoxy) is 1. The molecule has 0 saturated heterocycles. The van der Waals surface area contributed by atoms with E-state index in [2.05, 4.69) is 29.6 Å². The molecular weight excluding hydrogens is 314 g/mol. The monoisotopic (exact) mass is 339 g/mol. The van der Waals surface area contributed by atoms with Gasteiger partial charge < -0.3 is 15.2 Å². The lowest BCUT2D eigenvalue weighted by Gasteiger charge is -2.22. The van der Waals surface area contributed by atoms with Crippen LogP contribution in [0.2, 0.25) is 0 Å². The van der Waals surface area contributed by atoms with Crippen LogP contribution in [-0.2, 0) is 4.74 Å². The number of rotatable bonds is 6. The van der Waals surface area contributed by atoms with Gasteiger partial charge >= 0.3 is 6.09 Å². The summed E-state index contributed by atoms with van der Waals surface area (Å²) in [6, 6.07) is 16.2. The molecule has 1 aliphatic rings. The molecule has 0 spiro atoms. The van der Waals surface area contributed by atoms with Crippen LogP contribution >= 0.6 is 0 Å². The summed E-state index contributed by atoms with van der Waals surface area (Å²) in [5.74, 6) is 0.250. The quantitative estimate of drug-likeness (QED) is 0.838. The fourth-order valence-electron chi connectivity index (χ4n) is 3.44. The van der Waals surface area contributed by atoms with Gasteiger partial charge in [0.25, 0.3) is 0 Å². The van der Waals surface area contributed by atoms with Gasteiger partial charge in [0.1, 0.15) is 6.61 Å². The van der Waals surface area contributed by atoms with Crippen LogP contribution in [0.3, 0.4) is 0 Å². The number of alkyl carbamates (subject to hydrolysis) is 1. The maximum Gasteiger partial charge on any atom is 0.407 e. The summed E-state index contributed by atoms with van der Waals surface area (Å²) < 4.78 is 5.51. The molecule has 1 unspecified atom stereocenters. The Bertz CT molecular complexity index is 698. The minimum absolute atomic E-state index is 0.0503. The molecule has 0 fully saturated rings. The molecule has 0 heterocycles. The highest BCUT2D eigenvalue weighted by Crippen LogP contribution is 2.44. The molecule has 2 aromatic rings. The van der Waals surface area contributed by atoms with Crippen LogP contribution in [-0.4, -0.2) is 30.5 Å². The molecule has 2 atom stereocenters. The number of aliphatic hydroxyl groups is 1. The van der Waals surface area contributed by atoms with E-state index in [4.69, 9.17) is 4.74 Å². The van der Waals surface area contributed by atoms with Gasteiger partial charge in [-0.3, -0.25) is 0 Å². The molecule has 3 rings (SSSR count). The van der Waals surface area contributed by atoms with Crippen molar-refractivity contribution in [3.63, 3.8) is 0 Å². The lowest BCUT2D eigenvalue weighted by molar-refractivity contribution is 0.124. The third kappa shape index (κ3) is 3.54. The van der Waals surface area contributed by atoms with E-state index in [-0.39, 0.29) is 24.5 Å². The van der Waals surface area contributed by atoms with Crippen molar-refractivity contribution in [2.75, 3.05) is 13.2 Å². The third-order valence-electron chi connectivity index (χ3n) is 5.17. The van der Waals surface area contributed by atoms with Crippen LogP contribution in [0, 0.1) is 5.92 Å². The van der Waals surface area contributed by atoms with E-state index in [0.717, 1.165) is 6.42 Å². The summed E-state index contributed by atoms with van der Waals surface area (Å²) in [4.78, 5) is 12.2. The minimum atomic E-state index is -0.471. The Morgan fingerprint density at radius 1 is 1.12 bits per heavy atom. The summed E-state index contributed by atoms with van der Waals surface area (Å²) >= 11 is 0. The third-order valence-corrected chi connectivity index (χ3v) is 5.17. The molecule has 4 nitrogen and oxygen atoms in total. The fourth-order valence-corrected chi connectivity index (χ4v) is 3.44. The number of hydrogen-bond acceptors (Lipinski definition) is 3. The maximum absolute atomic E-state index is 12.2. The van der Waals surface area contributed by atoms with Crippen LogP contribution in [0.1, 0.15) is 37.3 Å². The number of nitrogens with one attached hydrogen (secondary N) is 1. The molecule has 0 bridgehead atoms. The van der Waals surface area contributed by atoms with Crippen molar-refractivity contribution >= 4 is 6.09 Å². The van der Waals surface area contributed by atoms with Crippen LogP contribution in [0.15, 0.2) is 48.5 Å². The van der Waals surface area contributed by atoms with Crippen molar-refractivity contribution in [1.29, 1.82) is 0 Å². The van der Waals surface area contributed by atoms with Crippen molar-refractivity contribution in [2.45, 2.75) is 32.2 Å². The zero-order valence-electron chi connectivity index (χ0n) is 14.7. The molecule has 1 amide bonds. The smallest absolute Gasteiger partial charge is 0.407 e. The number of fused-ring (bicyclic) bond motifs is 3. The van der Waals surface area contributed by atoms with E-state index in [1.165, 1.54) is 22.3 Å². The van der Waals surface area contributed by atoms with Crippen molar-refractivity contribution in [3.05, 3.63) is 59.7 Å². The molecule has 132 valence electrons. The zero-order chi connectivity index (χ0) is 17.8. The average molecular weight is 339 g/mol. The number of aliphatic hydroxyl groups excluding tert-OH is 1. The highest BCUT2D eigenvalue weighted by molar-refractivity contribution is 5.79. The molecule has 0 radical (unpaired) electrons. The van der Waals surface area contributed by atoms with E-state index in [1.807, 2.05) is 38.1 Å². The SMILES string of the molecule is CCC(C)[C@@H](CO)NC(=O)OCC1c2ccccc2-c2ccccc21. The predicted molar refractivity (Wildman–Crippen MR) is 98.5 cm³/mol. The normalized spacial score (nSPS) is 15.2.